The van der Waals surface area contributed by atoms with Crippen molar-refractivity contribution >= 4 is 5.97 Å². The molecule has 1 aromatic heterocycles. The number of carbonyl (C=O) groups is 1. The van der Waals surface area contributed by atoms with E-state index in [1.165, 1.54) is 6.92 Å². The van der Waals surface area contributed by atoms with Gasteiger partial charge in [-0.3, -0.25) is 9.78 Å². The summed E-state index contributed by atoms with van der Waals surface area (Å²) in [5.41, 5.74) is -0.327. The van der Waals surface area contributed by atoms with Gasteiger partial charge in [0.05, 0.1) is 12.0 Å². The molecule has 4 nitrogen and oxygen atoms in total. The molecule has 1 rings (SSSR count). The zero-order chi connectivity index (χ0) is 12.3. The van der Waals surface area contributed by atoms with Crippen molar-refractivity contribution < 1.29 is 18.7 Å². The fraction of sp³-hybridized carbons (Fsp3) is 0.300. The fourth-order valence-corrected chi connectivity index (χ4v) is 1.31. The number of carboxylic acid groups (broad SMARTS) is 1. The Balaban J connectivity index is 3.30. The molecule has 0 bridgehead atoms. The summed E-state index contributed by atoms with van der Waals surface area (Å²) in [6, 6.07) is 1.62. The van der Waals surface area contributed by atoms with Gasteiger partial charge in [0.25, 0.3) is 6.43 Å². The molecule has 1 heterocycles. The summed E-state index contributed by atoms with van der Waals surface area (Å²) in [6.07, 6.45) is -2.10. The third-order valence-electron chi connectivity index (χ3n) is 2.13. The van der Waals surface area contributed by atoms with Gasteiger partial charge in [0, 0.05) is 6.20 Å². The highest BCUT2D eigenvalue weighted by atomic mass is 19.3. The van der Waals surface area contributed by atoms with Crippen molar-refractivity contribution in [1.29, 1.82) is 5.26 Å². The summed E-state index contributed by atoms with van der Waals surface area (Å²) in [6.45, 7) is 1.43. The Bertz CT molecular complexity index is 467. The Hall–Kier alpha value is -2.03. The van der Waals surface area contributed by atoms with Crippen molar-refractivity contribution in [3.05, 3.63) is 28.6 Å². The van der Waals surface area contributed by atoms with Crippen molar-refractivity contribution in [2.75, 3.05) is 0 Å². The molecule has 16 heavy (non-hydrogen) atoms. The minimum atomic E-state index is -2.84. The number of alkyl halides is 2. The first-order chi connectivity index (χ1) is 7.47. The molecular weight excluding hydrogens is 218 g/mol. The summed E-state index contributed by atoms with van der Waals surface area (Å²) in [5, 5.41) is 17.3. The smallest absolute Gasteiger partial charge is 0.307 e. The highest BCUT2D eigenvalue weighted by molar-refractivity contribution is 5.71. The van der Waals surface area contributed by atoms with E-state index in [0.29, 0.717) is 0 Å². The van der Waals surface area contributed by atoms with Crippen LogP contribution in [0.15, 0.2) is 6.20 Å². The highest BCUT2D eigenvalue weighted by Crippen LogP contribution is 2.24. The molecule has 6 heteroatoms. The molecule has 0 aliphatic carbocycles. The average Bonchev–Trinajstić information content (AvgIpc) is 2.19. The summed E-state index contributed by atoms with van der Waals surface area (Å²) in [7, 11) is 0. The zero-order valence-corrected chi connectivity index (χ0v) is 8.37. The third kappa shape index (κ3) is 2.31. The number of aromatic nitrogens is 1. The fourth-order valence-electron chi connectivity index (χ4n) is 1.31. The van der Waals surface area contributed by atoms with Gasteiger partial charge in [0.15, 0.2) is 0 Å². The van der Waals surface area contributed by atoms with Crippen molar-refractivity contribution in [2.45, 2.75) is 19.8 Å². The van der Waals surface area contributed by atoms with Crippen LogP contribution in [0.3, 0.4) is 0 Å². The number of halogens is 2. The number of hydrogen-bond acceptors (Lipinski definition) is 3. The number of pyridine rings is 1. The molecule has 0 saturated carbocycles. The minimum Gasteiger partial charge on any atom is -0.481 e. The van der Waals surface area contributed by atoms with E-state index in [1.54, 1.807) is 6.07 Å². The minimum absolute atomic E-state index is 0.242. The zero-order valence-electron chi connectivity index (χ0n) is 8.37. The van der Waals surface area contributed by atoms with E-state index in [4.69, 9.17) is 10.4 Å². The van der Waals surface area contributed by atoms with Crippen LogP contribution in [0.4, 0.5) is 8.78 Å². The second-order valence-corrected chi connectivity index (χ2v) is 3.15. The quantitative estimate of drug-likeness (QED) is 0.853. The lowest BCUT2D eigenvalue weighted by molar-refractivity contribution is -0.136. The van der Waals surface area contributed by atoms with Crippen molar-refractivity contribution in [3.63, 3.8) is 0 Å². The number of rotatable bonds is 3. The van der Waals surface area contributed by atoms with Gasteiger partial charge in [0.2, 0.25) is 0 Å². The van der Waals surface area contributed by atoms with E-state index in [2.05, 4.69) is 4.98 Å². The van der Waals surface area contributed by atoms with Crippen molar-refractivity contribution in [2.24, 2.45) is 0 Å². The SMILES string of the molecule is Cc1c(CC(=O)O)cnc(C(F)F)c1C#N. The van der Waals surface area contributed by atoms with Crippen LogP contribution in [0.2, 0.25) is 0 Å². The van der Waals surface area contributed by atoms with Crippen LogP contribution >= 0.6 is 0 Å². The van der Waals surface area contributed by atoms with E-state index >= 15 is 0 Å². The predicted molar refractivity (Wildman–Crippen MR) is 50.0 cm³/mol. The van der Waals surface area contributed by atoms with Crippen LogP contribution in [0.1, 0.15) is 28.8 Å². The summed E-state index contributed by atoms with van der Waals surface area (Å²) >= 11 is 0. The van der Waals surface area contributed by atoms with Crippen LogP contribution < -0.4 is 0 Å². The van der Waals surface area contributed by atoms with Crippen molar-refractivity contribution in [1.82, 2.24) is 4.98 Å². The van der Waals surface area contributed by atoms with Crippen LogP contribution in [-0.4, -0.2) is 16.1 Å². The van der Waals surface area contributed by atoms with Crippen molar-refractivity contribution in [3.8, 4) is 6.07 Å². The Morgan fingerprint density at radius 1 is 1.69 bits per heavy atom. The van der Waals surface area contributed by atoms with E-state index in [-0.39, 0.29) is 23.1 Å². The molecule has 0 aromatic carbocycles. The summed E-state index contributed by atoms with van der Waals surface area (Å²) < 4.78 is 24.9. The lowest BCUT2D eigenvalue weighted by Crippen LogP contribution is -2.07. The molecule has 0 atom stereocenters. The van der Waals surface area contributed by atoms with Crippen LogP contribution in [0.25, 0.3) is 0 Å². The molecular formula is C10H8F2N2O2. The maximum atomic E-state index is 12.5. The van der Waals surface area contributed by atoms with Gasteiger partial charge in [-0.25, -0.2) is 8.78 Å². The number of hydrogen-bond donors (Lipinski definition) is 1. The van der Waals surface area contributed by atoms with E-state index in [0.717, 1.165) is 6.20 Å². The van der Waals surface area contributed by atoms with Crippen LogP contribution in [-0.2, 0) is 11.2 Å². The Morgan fingerprint density at radius 3 is 2.75 bits per heavy atom. The van der Waals surface area contributed by atoms with Gasteiger partial charge in [-0.15, -0.1) is 0 Å². The Kier molecular flexibility index (Phi) is 3.51. The molecule has 0 radical (unpaired) electrons. The lowest BCUT2D eigenvalue weighted by atomic mass is 10.0. The first kappa shape index (κ1) is 12.0. The van der Waals surface area contributed by atoms with E-state index in [9.17, 15) is 13.6 Å². The van der Waals surface area contributed by atoms with Gasteiger partial charge in [-0.05, 0) is 18.1 Å². The molecule has 0 fully saturated rings. The maximum absolute atomic E-state index is 12.5. The summed E-state index contributed by atoms with van der Waals surface area (Å²) in [4.78, 5) is 13.9. The Labute approximate surface area is 90.2 Å². The first-order valence-electron chi connectivity index (χ1n) is 4.35. The Morgan fingerprint density at radius 2 is 2.31 bits per heavy atom. The van der Waals surface area contributed by atoms with E-state index in [1.807, 2.05) is 0 Å². The molecule has 84 valence electrons. The molecule has 0 aliphatic rings. The predicted octanol–water partition coefficient (Wildman–Crippen LogP) is 1.83. The molecule has 0 amide bonds. The van der Waals surface area contributed by atoms with Gasteiger partial charge >= 0.3 is 5.97 Å². The highest BCUT2D eigenvalue weighted by Gasteiger charge is 2.19. The number of aliphatic carboxylic acids is 1. The molecule has 1 N–H and O–H groups in total. The standard InChI is InChI=1S/C10H8F2N2O2/c1-5-6(2-8(15)16)4-14-9(10(11)12)7(5)3-13/h4,10H,2H2,1H3,(H,15,16). The monoisotopic (exact) mass is 226 g/mol. The van der Waals surface area contributed by atoms with Gasteiger partial charge in [0.1, 0.15) is 11.8 Å². The maximum Gasteiger partial charge on any atom is 0.307 e. The summed E-state index contributed by atoms with van der Waals surface area (Å²) in [5.74, 6) is -1.10. The number of nitrogens with zero attached hydrogens (tertiary/aromatic N) is 2. The van der Waals surface area contributed by atoms with Gasteiger partial charge in [-0.2, -0.15) is 5.26 Å². The second-order valence-electron chi connectivity index (χ2n) is 3.15. The average molecular weight is 226 g/mol. The van der Waals surface area contributed by atoms with Gasteiger partial charge < -0.3 is 5.11 Å². The second kappa shape index (κ2) is 4.66. The molecule has 1 aromatic rings. The lowest BCUT2D eigenvalue weighted by Gasteiger charge is -2.08. The molecule has 0 saturated heterocycles. The van der Waals surface area contributed by atoms with E-state index < -0.39 is 18.1 Å². The van der Waals surface area contributed by atoms with Gasteiger partial charge in [-0.1, -0.05) is 0 Å². The molecule has 0 spiro atoms. The molecule has 0 aliphatic heterocycles. The largest absolute Gasteiger partial charge is 0.481 e. The van der Waals surface area contributed by atoms with Crippen LogP contribution in [0, 0.1) is 18.3 Å². The number of nitriles is 1. The number of carboxylic acids is 1. The van der Waals surface area contributed by atoms with Crippen LogP contribution in [0.5, 0.6) is 0 Å². The first-order valence-corrected chi connectivity index (χ1v) is 4.35. The normalized spacial score (nSPS) is 10.2. The third-order valence-corrected chi connectivity index (χ3v) is 2.13. The topological polar surface area (TPSA) is 74.0 Å². The molecule has 0 unspecified atom stereocenters.